The van der Waals surface area contributed by atoms with Crippen molar-refractivity contribution in [3.05, 3.63) is 11.8 Å². The molecule has 0 radical (unpaired) electrons. The number of likely N-dealkylation sites (N-methyl/N-ethyl adjacent to an activating group) is 2. The number of aryl methyl sites for hydroxylation is 1. The van der Waals surface area contributed by atoms with Gasteiger partial charge in [0.1, 0.15) is 5.82 Å². The Kier molecular flexibility index (Phi) is 5.79. The first kappa shape index (κ1) is 16.0. The van der Waals surface area contributed by atoms with E-state index in [0.29, 0.717) is 6.04 Å². The Labute approximate surface area is 128 Å². The third-order valence-corrected chi connectivity index (χ3v) is 4.15. The Balaban J connectivity index is 2.04. The van der Waals surface area contributed by atoms with Gasteiger partial charge in [0.05, 0.1) is 0 Å². The van der Waals surface area contributed by atoms with E-state index < -0.39 is 0 Å². The standard InChI is InChI=1S/C16H29N5/c1-5-9-17-16-18-13(3)11-15(19-16)20(4)12-14-8-7-10-21(14)6-2/h11,14H,5-10,12H2,1-4H3,(H,17,18,19). The number of nitrogens with zero attached hydrogens (tertiary/aromatic N) is 4. The number of rotatable bonds is 7. The lowest BCUT2D eigenvalue weighted by atomic mass is 10.2. The van der Waals surface area contributed by atoms with E-state index in [1.54, 1.807) is 0 Å². The van der Waals surface area contributed by atoms with E-state index in [2.05, 4.69) is 52.0 Å². The lowest BCUT2D eigenvalue weighted by Gasteiger charge is -2.28. The molecule has 1 fully saturated rings. The summed E-state index contributed by atoms with van der Waals surface area (Å²) in [6.45, 7) is 10.8. The molecule has 2 heterocycles. The number of aromatic nitrogens is 2. The average molecular weight is 291 g/mol. The van der Waals surface area contributed by atoms with Crippen molar-refractivity contribution in [2.45, 2.75) is 46.1 Å². The zero-order chi connectivity index (χ0) is 15.2. The smallest absolute Gasteiger partial charge is 0.224 e. The van der Waals surface area contributed by atoms with Crippen LogP contribution in [0, 0.1) is 6.92 Å². The van der Waals surface area contributed by atoms with Gasteiger partial charge in [0.2, 0.25) is 5.95 Å². The molecule has 1 saturated heterocycles. The summed E-state index contributed by atoms with van der Waals surface area (Å²) in [7, 11) is 2.14. The fourth-order valence-electron chi connectivity index (χ4n) is 2.99. The number of likely N-dealkylation sites (tertiary alicyclic amines) is 1. The van der Waals surface area contributed by atoms with Crippen LogP contribution in [0.4, 0.5) is 11.8 Å². The predicted molar refractivity (Wildman–Crippen MR) is 89.1 cm³/mol. The molecule has 0 aliphatic carbocycles. The minimum absolute atomic E-state index is 0.655. The van der Waals surface area contributed by atoms with Gasteiger partial charge in [-0.3, -0.25) is 4.90 Å². The molecule has 2 rings (SSSR count). The largest absolute Gasteiger partial charge is 0.358 e. The molecule has 1 aromatic rings. The van der Waals surface area contributed by atoms with Crippen LogP contribution >= 0.6 is 0 Å². The second kappa shape index (κ2) is 7.59. The fourth-order valence-corrected chi connectivity index (χ4v) is 2.99. The Bertz CT molecular complexity index is 448. The van der Waals surface area contributed by atoms with E-state index in [-0.39, 0.29) is 0 Å². The third kappa shape index (κ3) is 4.30. The topological polar surface area (TPSA) is 44.3 Å². The Morgan fingerprint density at radius 1 is 1.38 bits per heavy atom. The van der Waals surface area contributed by atoms with Crippen LogP contribution < -0.4 is 10.2 Å². The van der Waals surface area contributed by atoms with E-state index >= 15 is 0 Å². The zero-order valence-corrected chi connectivity index (χ0v) is 13.9. The van der Waals surface area contributed by atoms with Crippen molar-refractivity contribution >= 4 is 11.8 Å². The average Bonchev–Trinajstić information content (AvgIpc) is 2.91. The highest BCUT2D eigenvalue weighted by Crippen LogP contribution is 2.20. The number of nitrogens with one attached hydrogen (secondary N) is 1. The predicted octanol–water partition coefficient (Wildman–Crippen LogP) is 2.53. The highest BCUT2D eigenvalue weighted by Gasteiger charge is 2.24. The molecule has 0 saturated carbocycles. The van der Waals surface area contributed by atoms with Crippen LogP contribution in [0.15, 0.2) is 6.07 Å². The Hall–Kier alpha value is -1.36. The van der Waals surface area contributed by atoms with Crippen LogP contribution in [0.1, 0.15) is 38.8 Å². The van der Waals surface area contributed by atoms with Crippen LogP contribution in [0.2, 0.25) is 0 Å². The Morgan fingerprint density at radius 3 is 2.90 bits per heavy atom. The first-order chi connectivity index (χ1) is 10.1. The minimum atomic E-state index is 0.655. The van der Waals surface area contributed by atoms with Crippen molar-refractivity contribution in [2.24, 2.45) is 0 Å². The first-order valence-electron chi connectivity index (χ1n) is 8.18. The molecule has 0 aromatic carbocycles. The molecule has 1 aliphatic rings. The summed E-state index contributed by atoms with van der Waals surface area (Å²) in [4.78, 5) is 13.9. The molecule has 118 valence electrons. The first-order valence-corrected chi connectivity index (χ1v) is 8.18. The van der Waals surface area contributed by atoms with Crippen molar-refractivity contribution in [2.75, 3.05) is 43.4 Å². The minimum Gasteiger partial charge on any atom is -0.358 e. The number of hydrogen-bond acceptors (Lipinski definition) is 5. The number of anilines is 2. The van der Waals surface area contributed by atoms with E-state index in [1.807, 2.05) is 6.92 Å². The maximum atomic E-state index is 4.65. The molecule has 0 amide bonds. The summed E-state index contributed by atoms with van der Waals surface area (Å²) in [5.41, 5.74) is 1.02. The molecular weight excluding hydrogens is 262 g/mol. The van der Waals surface area contributed by atoms with Crippen molar-refractivity contribution < 1.29 is 0 Å². The van der Waals surface area contributed by atoms with Gasteiger partial charge < -0.3 is 10.2 Å². The molecule has 21 heavy (non-hydrogen) atoms. The monoisotopic (exact) mass is 291 g/mol. The van der Waals surface area contributed by atoms with Gasteiger partial charge in [0.25, 0.3) is 0 Å². The quantitative estimate of drug-likeness (QED) is 0.836. The van der Waals surface area contributed by atoms with Gasteiger partial charge in [-0.15, -0.1) is 0 Å². The van der Waals surface area contributed by atoms with Gasteiger partial charge in [0.15, 0.2) is 0 Å². The van der Waals surface area contributed by atoms with Crippen LogP contribution in [0.3, 0.4) is 0 Å². The van der Waals surface area contributed by atoms with Gasteiger partial charge in [-0.25, -0.2) is 4.98 Å². The molecule has 5 heteroatoms. The SMILES string of the molecule is CCCNc1nc(C)cc(N(C)CC2CCCN2CC)n1. The molecule has 1 N–H and O–H groups in total. The van der Waals surface area contributed by atoms with Crippen LogP contribution in [-0.2, 0) is 0 Å². The summed E-state index contributed by atoms with van der Waals surface area (Å²) in [6.07, 6.45) is 3.69. The second-order valence-electron chi connectivity index (χ2n) is 5.92. The number of hydrogen-bond donors (Lipinski definition) is 1. The summed E-state index contributed by atoms with van der Waals surface area (Å²) < 4.78 is 0. The van der Waals surface area contributed by atoms with Gasteiger partial charge in [-0.05, 0) is 39.3 Å². The van der Waals surface area contributed by atoms with E-state index in [4.69, 9.17) is 0 Å². The van der Waals surface area contributed by atoms with Crippen LogP contribution in [0.5, 0.6) is 0 Å². The van der Waals surface area contributed by atoms with Gasteiger partial charge in [-0.2, -0.15) is 4.98 Å². The molecule has 0 bridgehead atoms. The van der Waals surface area contributed by atoms with E-state index in [9.17, 15) is 0 Å². The molecule has 0 spiro atoms. The molecular formula is C16H29N5. The zero-order valence-electron chi connectivity index (χ0n) is 13.9. The van der Waals surface area contributed by atoms with Gasteiger partial charge in [0, 0.05) is 37.9 Å². The molecule has 1 unspecified atom stereocenters. The molecule has 1 aromatic heterocycles. The summed E-state index contributed by atoms with van der Waals surface area (Å²) in [5, 5.41) is 3.28. The normalized spacial score (nSPS) is 19.0. The van der Waals surface area contributed by atoms with Gasteiger partial charge in [-0.1, -0.05) is 13.8 Å². The maximum Gasteiger partial charge on any atom is 0.224 e. The van der Waals surface area contributed by atoms with E-state index in [0.717, 1.165) is 43.5 Å². The van der Waals surface area contributed by atoms with Crippen molar-refractivity contribution in [1.29, 1.82) is 0 Å². The summed E-state index contributed by atoms with van der Waals surface area (Å²) in [6, 6.07) is 2.73. The van der Waals surface area contributed by atoms with E-state index in [1.165, 1.54) is 19.4 Å². The van der Waals surface area contributed by atoms with Gasteiger partial charge >= 0.3 is 0 Å². The molecule has 5 nitrogen and oxygen atoms in total. The highest BCUT2D eigenvalue weighted by molar-refractivity contribution is 5.44. The lowest BCUT2D eigenvalue weighted by molar-refractivity contribution is 0.270. The lowest BCUT2D eigenvalue weighted by Crippen LogP contribution is -2.39. The Morgan fingerprint density at radius 2 is 2.19 bits per heavy atom. The second-order valence-corrected chi connectivity index (χ2v) is 5.92. The van der Waals surface area contributed by atoms with Crippen molar-refractivity contribution in [1.82, 2.24) is 14.9 Å². The highest BCUT2D eigenvalue weighted by atomic mass is 15.3. The van der Waals surface area contributed by atoms with Crippen molar-refractivity contribution in [3.63, 3.8) is 0 Å². The molecule has 1 atom stereocenters. The van der Waals surface area contributed by atoms with Crippen molar-refractivity contribution in [3.8, 4) is 0 Å². The summed E-state index contributed by atoms with van der Waals surface area (Å²) >= 11 is 0. The fraction of sp³-hybridized carbons (Fsp3) is 0.750. The van der Waals surface area contributed by atoms with Crippen LogP contribution in [0.25, 0.3) is 0 Å². The van der Waals surface area contributed by atoms with Crippen LogP contribution in [-0.4, -0.2) is 54.1 Å². The molecule has 1 aliphatic heterocycles. The summed E-state index contributed by atoms with van der Waals surface area (Å²) in [5.74, 6) is 1.77. The third-order valence-electron chi connectivity index (χ3n) is 4.15. The maximum absolute atomic E-state index is 4.65.